The Morgan fingerprint density at radius 2 is 1.67 bits per heavy atom. The molecule has 0 fully saturated rings. The van der Waals surface area contributed by atoms with Gasteiger partial charge in [-0.2, -0.15) is 26.3 Å². The Morgan fingerprint density at radius 1 is 1.09 bits per heavy atom. The number of alkyl halides is 6. The number of aryl methyl sites for hydroxylation is 2. The molecular weight excluding hydrogens is 492 g/mol. The summed E-state index contributed by atoms with van der Waals surface area (Å²) >= 11 is 2.18. The van der Waals surface area contributed by atoms with Gasteiger partial charge in [-0.3, -0.25) is 14.2 Å². The van der Waals surface area contributed by atoms with Gasteiger partial charge in [0, 0.05) is 17.1 Å². The van der Waals surface area contributed by atoms with Gasteiger partial charge in [-0.1, -0.05) is 11.8 Å². The molecule has 0 saturated heterocycles. The van der Waals surface area contributed by atoms with E-state index in [2.05, 4.69) is 10.3 Å². The Morgan fingerprint density at radius 3 is 2.18 bits per heavy atom. The molecule has 0 unspecified atom stereocenters. The summed E-state index contributed by atoms with van der Waals surface area (Å²) in [7, 11) is 0. The summed E-state index contributed by atoms with van der Waals surface area (Å²) < 4.78 is 79.4. The molecule has 2 heterocycles. The predicted molar refractivity (Wildman–Crippen MR) is 115 cm³/mol. The van der Waals surface area contributed by atoms with Crippen molar-refractivity contribution in [2.45, 2.75) is 44.8 Å². The summed E-state index contributed by atoms with van der Waals surface area (Å²) in [5, 5.41) is 2.78. The van der Waals surface area contributed by atoms with E-state index in [1.807, 2.05) is 13.8 Å². The Kier molecular flexibility index (Phi) is 6.85. The van der Waals surface area contributed by atoms with Gasteiger partial charge in [-0.05, 0) is 44.5 Å². The summed E-state index contributed by atoms with van der Waals surface area (Å²) in [6.45, 7) is 5.64. The highest BCUT2D eigenvalue weighted by Crippen LogP contribution is 2.37. The van der Waals surface area contributed by atoms with Crippen LogP contribution >= 0.6 is 23.1 Å². The number of nitrogens with one attached hydrogen (secondary N) is 1. The van der Waals surface area contributed by atoms with Crippen molar-refractivity contribution in [2.75, 3.05) is 11.1 Å². The van der Waals surface area contributed by atoms with Gasteiger partial charge in [0.1, 0.15) is 4.83 Å². The van der Waals surface area contributed by atoms with Gasteiger partial charge in [0.05, 0.1) is 22.3 Å². The van der Waals surface area contributed by atoms with Crippen LogP contribution in [-0.4, -0.2) is 21.2 Å². The largest absolute Gasteiger partial charge is 0.416 e. The number of rotatable bonds is 5. The third kappa shape index (κ3) is 5.35. The van der Waals surface area contributed by atoms with Crippen LogP contribution in [0.15, 0.2) is 28.2 Å². The number of carbonyl (C=O) groups is 1. The molecule has 0 aliphatic heterocycles. The molecule has 178 valence electrons. The molecule has 0 bridgehead atoms. The lowest BCUT2D eigenvalue weighted by Crippen LogP contribution is -2.23. The Labute approximate surface area is 191 Å². The van der Waals surface area contributed by atoms with Crippen LogP contribution < -0.4 is 10.9 Å². The van der Waals surface area contributed by atoms with Crippen molar-refractivity contribution in [3.63, 3.8) is 0 Å². The van der Waals surface area contributed by atoms with Crippen LogP contribution in [-0.2, 0) is 23.7 Å². The van der Waals surface area contributed by atoms with Gasteiger partial charge >= 0.3 is 12.4 Å². The first-order valence-corrected chi connectivity index (χ1v) is 11.2. The number of amides is 1. The van der Waals surface area contributed by atoms with Crippen LogP contribution in [0, 0.1) is 13.8 Å². The molecule has 2 aromatic heterocycles. The van der Waals surface area contributed by atoms with Crippen molar-refractivity contribution >= 4 is 44.9 Å². The predicted octanol–water partition coefficient (Wildman–Crippen LogP) is 5.86. The van der Waals surface area contributed by atoms with E-state index in [9.17, 15) is 35.9 Å². The van der Waals surface area contributed by atoms with E-state index in [-0.39, 0.29) is 29.1 Å². The summed E-state index contributed by atoms with van der Waals surface area (Å²) in [6, 6.07) is 0.844. The number of fused-ring (bicyclic) bond motifs is 1. The molecule has 3 aromatic rings. The van der Waals surface area contributed by atoms with E-state index in [4.69, 9.17) is 0 Å². The first kappa shape index (κ1) is 25.1. The molecule has 0 radical (unpaired) electrons. The van der Waals surface area contributed by atoms with Gasteiger partial charge in [-0.25, -0.2) is 4.98 Å². The number of carbonyl (C=O) groups excluding carboxylic acids is 1. The number of benzene rings is 1. The molecule has 33 heavy (non-hydrogen) atoms. The molecular formula is C20H17F6N3O2S2. The average molecular weight is 509 g/mol. The van der Waals surface area contributed by atoms with Crippen molar-refractivity contribution in [1.82, 2.24) is 9.55 Å². The maximum absolute atomic E-state index is 13.0. The smallest absolute Gasteiger partial charge is 0.325 e. The zero-order chi connectivity index (χ0) is 24.7. The van der Waals surface area contributed by atoms with Gasteiger partial charge in [0.25, 0.3) is 5.56 Å². The van der Waals surface area contributed by atoms with Crippen molar-refractivity contribution in [2.24, 2.45) is 0 Å². The molecule has 0 aliphatic rings. The van der Waals surface area contributed by atoms with Gasteiger partial charge in [0.15, 0.2) is 5.16 Å². The molecule has 1 N–H and O–H groups in total. The van der Waals surface area contributed by atoms with Crippen LogP contribution in [0.25, 0.3) is 10.2 Å². The van der Waals surface area contributed by atoms with Crippen molar-refractivity contribution < 1.29 is 31.1 Å². The number of hydrogen-bond donors (Lipinski definition) is 1. The van der Waals surface area contributed by atoms with Crippen molar-refractivity contribution in [3.8, 4) is 0 Å². The summed E-state index contributed by atoms with van der Waals surface area (Å²) in [5.74, 6) is -1.22. The number of thiophene rings is 1. The minimum atomic E-state index is -5.02. The molecule has 5 nitrogen and oxygen atoms in total. The highest BCUT2D eigenvalue weighted by atomic mass is 32.2. The molecule has 1 amide bonds. The summed E-state index contributed by atoms with van der Waals surface area (Å²) in [6.07, 6.45) is -10.0. The second-order valence-electron chi connectivity index (χ2n) is 7.04. The lowest BCUT2D eigenvalue weighted by molar-refractivity contribution is -0.143. The van der Waals surface area contributed by atoms with Gasteiger partial charge in [-0.15, -0.1) is 11.3 Å². The number of anilines is 1. The first-order chi connectivity index (χ1) is 15.2. The number of hydrogen-bond acceptors (Lipinski definition) is 5. The van der Waals surface area contributed by atoms with E-state index in [1.54, 1.807) is 6.92 Å². The van der Waals surface area contributed by atoms with E-state index in [1.165, 1.54) is 15.9 Å². The van der Waals surface area contributed by atoms with Crippen molar-refractivity contribution in [1.29, 1.82) is 0 Å². The maximum Gasteiger partial charge on any atom is 0.416 e. The molecule has 0 saturated carbocycles. The minimum absolute atomic E-state index is 0.0194. The maximum atomic E-state index is 13.0. The molecule has 1 aromatic carbocycles. The Balaban J connectivity index is 1.85. The quantitative estimate of drug-likeness (QED) is 0.266. The third-order valence-electron chi connectivity index (χ3n) is 4.77. The first-order valence-electron chi connectivity index (χ1n) is 9.45. The number of nitrogens with zero attached hydrogens (tertiary/aromatic N) is 2. The van der Waals surface area contributed by atoms with Gasteiger partial charge in [0.2, 0.25) is 5.91 Å². The van der Waals surface area contributed by atoms with Crippen LogP contribution in [0.4, 0.5) is 32.0 Å². The molecule has 0 spiro atoms. The van der Waals surface area contributed by atoms with E-state index in [0.717, 1.165) is 22.2 Å². The second-order valence-corrected chi connectivity index (χ2v) is 9.18. The fourth-order valence-corrected chi connectivity index (χ4v) is 4.99. The normalized spacial score (nSPS) is 12.4. The SMILES string of the molecule is CCn1c(SCC(=O)Nc2cc(C(F)(F)F)cc(C(F)(F)F)c2)nc2sc(C)c(C)c2c1=O. The second kappa shape index (κ2) is 9.01. The summed E-state index contributed by atoms with van der Waals surface area (Å²) in [5.41, 5.74) is -3.16. The molecule has 0 aliphatic carbocycles. The molecule has 0 atom stereocenters. The van der Waals surface area contributed by atoms with Crippen molar-refractivity contribution in [3.05, 3.63) is 50.1 Å². The van der Waals surface area contributed by atoms with E-state index < -0.39 is 35.1 Å². The monoisotopic (exact) mass is 509 g/mol. The average Bonchev–Trinajstić information content (AvgIpc) is 2.98. The fourth-order valence-electron chi connectivity index (χ4n) is 3.05. The standard InChI is InChI=1S/C20H17F6N3O2S2/c1-4-29-17(31)15-9(2)10(3)33-16(15)28-18(29)32-8-14(30)27-13-6-11(19(21,22)23)5-12(7-13)20(24,25)26/h5-7H,4,8H2,1-3H3,(H,27,30). The van der Waals surface area contributed by atoms with Crippen LogP contribution in [0.3, 0.4) is 0 Å². The molecule has 13 heteroatoms. The number of aromatic nitrogens is 2. The topological polar surface area (TPSA) is 64.0 Å². The highest BCUT2D eigenvalue weighted by Gasteiger charge is 2.37. The zero-order valence-corrected chi connectivity index (χ0v) is 19.1. The van der Waals surface area contributed by atoms with Crippen LogP contribution in [0.1, 0.15) is 28.5 Å². The van der Waals surface area contributed by atoms with Gasteiger partial charge < -0.3 is 5.32 Å². The fraction of sp³-hybridized carbons (Fsp3) is 0.350. The lowest BCUT2D eigenvalue weighted by atomic mass is 10.1. The number of thioether (sulfide) groups is 1. The Hall–Kier alpha value is -2.54. The van der Waals surface area contributed by atoms with E-state index >= 15 is 0 Å². The summed E-state index contributed by atoms with van der Waals surface area (Å²) in [4.78, 5) is 31.0. The zero-order valence-electron chi connectivity index (χ0n) is 17.4. The van der Waals surface area contributed by atoms with E-state index in [0.29, 0.717) is 22.3 Å². The third-order valence-corrected chi connectivity index (χ3v) is 6.85. The minimum Gasteiger partial charge on any atom is -0.325 e. The lowest BCUT2D eigenvalue weighted by Gasteiger charge is -2.15. The Bertz CT molecular complexity index is 1250. The number of halogens is 6. The van der Waals surface area contributed by atoms with Crippen LogP contribution in [0.2, 0.25) is 0 Å². The highest BCUT2D eigenvalue weighted by molar-refractivity contribution is 7.99. The van der Waals surface area contributed by atoms with Crippen LogP contribution in [0.5, 0.6) is 0 Å². The molecule has 3 rings (SSSR count).